The predicted octanol–water partition coefficient (Wildman–Crippen LogP) is 2.01. The molecular weight excluding hydrogens is 258 g/mol. The Balaban J connectivity index is 2.11. The number of nitrogens with one attached hydrogen (secondary N) is 1. The molecule has 1 saturated heterocycles. The number of carboxylic acids is 1. The van der Waals surface area contributed by atoms with Crippen molar-refractivity contribution in [3.05, 3.63) is 28.8 Å². The Labute approximate surface area is 109 Å². The van der Waals surface area contributed by atoms with Crippen LogP contribution in [0.4, 0.5) is 5.69 Å². The number of rotatable bonds is 3. The van der Waals surface area contributed by atoms with Gasteiger partial charge >= 0.3 is 5.97 Å². The fourth-order valence-electron chi connectivity index (χ4n) is 1.75. The van der Waals surface area contributed by atoms with Crippen molar-refractivity contribution < 1.29 is 19.4 Å². The Kier molecular flexibility index (Phi) is 3.84. The highest BCUT2D eigenvalue weighted by Crippen LogP contribution is 2.22. The molecule has 1 amide bonds. The first-order chi connectivity index (χ1) is 8.58. The number of benzene rings is 1. The number of amides is 1. The topological polar surface area (TPSA) is 75.6 Å². The van der Waals surface area contributed by atoms with Crippen LogP contribution in [0.15, 0.2) is 18.2 Å². The number of halogens is 1. The van der Waals surface area contributed by atoms with Crippen LogP contribution < -0.4 is 5.32 Å². The molecule has 0 aromatic heterocycles. The van der Waals surface area contributed by atoms with Gasteiger partial charge in [-0.1, -0.05) is 11.6 Å². The largest absolute Gasteiger partial charge is 0.478 e. The van der Waals surface area contributed by atoms with Crippen molar-refractivity contribution in [1.29, 1.82) is 0 Å². The second-order valence-electron chi connectivity index (χ2n) is 4.05. The van der Waals surface area contributed by atoms with Crippen LogP contribution in [0.2, 0.25) is 5.02 Å². The Morgan fingerprint density at radius 3 is 2.83 bits per heavy atom. The molecule has 6 heteroatoms. The second-order valence-corrected chi connectivity index (χ2v) is 4.46. The third kappa shape index (κ3) is 2.80. The van der Waals surface area contributed by atoms with Crippen molar-refractivity contribution in [3.63, 3.8) is 0 Å². The van der Waals surface area contributed by atoms with Crippen LogP contribution in [0, 0.1) is 5.92 Å². The van der Waals surface area contributed by atoms with E-state index in [4.69, 9.17) is 21.4 Å². The van der Waals surface area contributed by atoms with Gasteiger partial charge in [0.15, 0.2) is 0 Å². The number of carbonyl (C=O) groups excluding carboxylic acids is 1. The summed E-state index contributed by atoms with van der Waals surface area (Å²) in [6.45, 7) is 0.990. The van der Waals surface area contributed by atoms with Crippen LogP contribution in [-0.4, -0.2) is 30.2 Å². The molecule has 1 aliphatic heterocycles. The molecule has 1 unspecified atom stereocenters. The minimum atomic E-state index is -1.12. The summed E-state index contributed by atoms with van der Waals surface area (Å²) in [5.41, 5.74) is 0.394. The average Bonchev–Trinajstić information content (AvgIpc) is 2.85. The van der Waals surface area contributed by atoms with Gasteiger partial charge in [0, 0.05) is 12.3 Å². The second kappa shape index (κ2) is 5.37. The summed E-state index contributed by atoms with van der Waals surface area (Å²) in [6, 6.07) is 4.37. The molecule has 1 aromatic rings. The molecule has 1 atom stereocenters. The van der Waals surface area contributed by atoms with E-state index in [9.17, 15) is 9.59 Å². The first-order valence-electron chi connectivity index (χ1n) is 5.49. The first kappa shape index (κ1) is 12.9. The lowest BCUT2D eigenvalue weighted by Gasteiger charge is -2.10. The summed E-state index contributed by atoms with van der Waals surface area (Å²) in [7, 11) is 0. The molecule has 1 aliphatic rings. The number of carboxylic acid groups (broad SMARTS) is 1. The highest BCUT2D eigenvalue weighted by Gasteiger charge is 2.23. The summed E-state index contributed by atoms with van der Waals surface area (Å²) >= 11 is 5.74. The summed E-state index contributed by atoms with van der Waals surface area (Å²) in [6.07, 6.45) is 0.686. The SMILES string of the molecule is O=C(O)c1cc(NC(=O)C2CCOC2)ccc1Cl. The van der Waals surface area contributed by atoms with Gasteiger partial charge in [0.2, 0.25) is 5.91 Å². The third-order valence-corrected chi connectivity index (χ3v) is 3.09. The van der Waals surface area contributed by atoms with Gasteiger partial charge in [-0.2, -0.15) is 0 Å². The molecule has 18 heavy (non-hydrogen) atoms. The minimum Gasteiger partial charge on any atom is -0.478 e. The molecule has 2 rings (SSSR count). The molecule has 2 N–H and O–H groups in total. The van der Waals surface area contributed by atoms with E-state index in [1.54, 1.807) is 6.07 Å². The van der Waals surface area contributed by atoms with E-state index in [2.05, 4.69) is 5.32 Å². The van der Waals surface area contributed by atoms with Crippen LogP contribution in [0.5, 0.6) is 0 Å². The zero-order chi connectivity index (χ0) is 13.1. The Bertz CT molecular complexity index is 483. The van der Waals surface area contributed by atoms with Gasteiger partial charge in [0.1, 0.15) is 0 Å². The summed E-state index contributed by atoms with van der Waals surface area (Å²) in [4.78, 5) is 22.7. The van der Waals surface area contributed by atoms with Crippen molar-refractivity contribution in [3.8, 4) is 0 Å². The molecule has 0 radical (unpaired) electrons. The lowest BCUT2D eigenvalue weighted by molar-refractivity contribution is -0.119. The quantitative estimate of drug-likeness (QED) is 0.880. The van der Waals surface area contributed by atoms with Gasteiger partial charge < -0.3 is 15.2 Å². The highest BCUT2D eigenvalue weighted by molar-refractivity contribution is 6.33. The zero-order valence-electron chi connectivity index (χ0n) is 9.48. The Morgan fingerprint density at radius 1 is 1.44 bits per heavy atom. The van der Waals surface area contributed by atoms with Crippen LogP contribution in [0.1, 0.15) is 16.8 Å². The van der Waals surface area contributed by atoms with Crippen LogP contribution >= 0.6 is 11.6 Å². The van der Waals surface area contributed by atoms with Gasteiger partial charge in [-0.15, -0.1) is 0 Å². The average molecular weight is 270 g/mol. The molecule has 1 heterocycles. The van der Waals surface area contributed by atoms with E-state index in [0.29, 0.717) is 25.3 Å². The van der Waals surface area contributed by atoms with E-state index in [1.165, 1.54) is 12.1 Å². The maximum Gasteiger partial charge on any atom is 0.337 e. The standard InChI is InChI=1S/C12H12ClNO4/c13-10-2-1-8(5-9(10)12(16)17)14-11(15)7-3-4-18-6-7/h1-2,5,7H,3-4,6H2,(H,14,15)(H,16,17). The molecular formula is C12H12ClNO4. The Morgan fingerprint density at radius 2 is 2.22 bits per heavy atom. The summed E-state index contributed by atoms with van der Waals surface area (Å²) < 4.78 is 5.12. The van der Waals surface area contributed by atoms with E-state index >= 15 is 0 Å². The smallest absolute Gasteiger partial charge is 0.337 e. The maximum absolute atomic E-state index is 11.8. The van der Waals surface area contributed by atoms with Crippen molar-refractivity contribution in [2.45, 2.75) is 6.42 Å². The normalized spacial score (nSPS) is 18.6. The van der Waals surface area contributed by atoms with E-state index in [-0.39, 0.29) is 22.4 Å². The van der Waals surface area contributed by atoms with Crippen molar-refractivity contribution in [2.75, 3.05) is 18.5 Å². The summed E-state index contributed by atoms with van der Waals surface area (Å²) in [5, 5.41) is 11.7. The van der Waals surface area contributed by atoms with Gasteiger partial charge in [0.25, 0.3) is 0 Å². The van der Waals surface area contributed by atoms with Gasteiger partial charge in [-0.05, 0) is 24.6 Å². The molecule has 0 bridgehead atoms. The molecule has 1 aromatic carbocycles. The fraction of sp³-hybridized carbons (Fsp3) is 0.333. The molecule has 0 aliphatic carbocycles. The van der Waals surface area contributed by atoms with E-state index in [1.807, 2.05) is 0 Å². The number of aromatic carboxylic acids is 1. The van der Waals surface area contributed by atoms with Crippen molar-refractivity contribution >= 4 is 29.2 Å². The number of hydrogen-bond acceptors (Lipinski definition) is 3. The van der Waals surface area contributed by atoms with Gasteiger partial charge in [-0.3, -0.25) is 4.79 Å². The van der Waals surface area contributed by atoms with E-state index < -0.39 is 5.97 Å². The lowest BCUT2D eigenvalue weighted by Crippen LogP contribution is -2.22. The lowest BCUT2D eigenvalue weighted by atomic mass is 10.1. The van der Waals surface area contributed by atoms with Crippen LogP contribution in [0.3, 0.4) is 0 Å². The minimum absolute atomic E-state index is 0.0304. The zero-order valence-corrected chi connectivity index (χ0v) is 10.2. The number of hydrogen-bond donors (Lipinski definition) is 2. The maximum atomic E-state index is 11.8. The molecule has 0 saturated carbocycles. The van der Waals surface area contributed by atoms with Crippen LogP contribution in [0.25, 0.3) is 0 Å². The van der Waals surface area contributed by atoms with E-state index in [0.717, 1.165) is 0 Å². The fourth-order valence-corrected chi connectivity index (χ4v) is 1.95. The first-order valence-corrected chi connectivity index (χ1v) is 5.87. The van der Waals surface area contributed by atoms with Crippen molar-refractivity contribution in [1.82, 2.24) is 0 Å². The number of carbonyl (C=O) groups is 2. The Hall–Kier alpha value is -1.59. The number of anilines is 1. The molecule has 96 valence electrons. The van der Waals surface area contributed by atoms with Crippen molar-refractivity contribution in [2.24, 2.45) is 5.92 Å². The summed E-state index contributed by atoms with van der Waals surface area (Å²) in [5.74, 6) is -1.46. The molecule has 0 spiro atoms. The highest BCUT2D eigenvalue weighted by atomic mass is 35.5. The predicted molar refractivity (Wildman–Crippen MR) is 66.0 cm³/mol. The van der Waals surface area contributed by atoms with Gasteiger partial charge in [0.05, 0.1) is 23.1 Å². The molecule has 5 nitrogen and oxygen atoms in total. The molecule has 1 fully saturated rings. The third-order valence-electron chi connectivity index (χ3n) is 2.76. The monoisotopic (exact) mass is 269 g/mol. The van der Waals surface area contributed by atoms with Gasteiger partial charge in [-0.25, -0.2) is 4.79 Å². The number of ether oxygens (including phenoxy) is 1. The van der Waals surface area contributed by atoms with Crippen LogP contribution in [-0.2, 0) is 9.53 Å².